The fourth-order valence-electron chi connectivity index (χ4n) is 1.68. The van der Waals surface area contributed by atoms with Crippen LogP contribution >= 0.6 is 11.6 Å². The molecular formula is C14H12ClF2N3O. The van der Waals surface area contributed by atoms with Gasteiger partial charge in [0.2, 0.25) is 0 Å². The second kappa shape index (κ2) is 6.49. The lowest BCUT2D eigenvalue weighted by molar-refractivity contribution is 0.0951. The number of halogens is 3. The normalized spacial score (nSPS) is 10.3. The van der Waals surface area contributed by atoms with Crippen LogP contribution in [0.15, 0.2) is 30.5 Å². The van der Waals surface area contributed by atoms with E-state index in [-0.39, 0.29) is 17.1 Å². The molecule has 0 atom stereocenters. The molecule has 0 aliphatic heterocycles. The summed E-state index contributed by atoms with van der Waals surface area (Å²) in [5.74, 6) is -1.82. The Hall–Kier alpha value is -2.21. The van der Waals surface area contributed by atoms with Gasteiger partial charge in [-0.3, -0.25) is 4.79 Å². The fraction of sp³-hybridized carbons (Fsp3) is 0.143. The van der Waals surface area contributed by atoms with Gasteiger partial charge in [-0.1, -0.05) is 17.7 Å². The molecule has 2 rings (SSSR count). The highest BCUT2D eigenvalue weighted by atomic mass is 35.5. The van der Waals surface area contributed by atoms with Gasteiger partial charge in [-0.15, -0.1) is 0 Å². The molecule has 0 aliphatic carbocycles. The highest BCUT2D eigenvalue weighted by Crippen LogP contribution is 2.18. The Morgan fingerprint density at radius 3 is 2.71 bits per heavy atom. The number of carbonyl (C=O) groups excluding carboxylic acids is 1. The molecule has 21 heavy (non-hydrogen) atoms. The molecule has 1 amide bonds. The number of anilines is 1. The molecule has 1 aromatic heterocycles. The van der Waals surface area contributed by atoms with Crippen molar-refractivity contribution in [2.45, 2.75) is 6.54 Å². The van der Waals surface area contributed by atoms with E-state index in [9.17, 15) is 13.6 Å². The fourth-order valence-corrected chi connectivity index (χ4v) is 1.87. The van der Waals surface area contributed by atoms with Crippen LogP contribution in [0.2, 0.25) is 5.02 Å². The average Bonchev–Trinajstić information content (AvgIpc) is 2.48. The molecular weight excluding hydrogens is 300 g/mol. The number of hydrogen-bond donors (Lipinski definition) is 2. The molecule has 2 N–H and O–H groups in total. The predicted octanol–water partition coefficient (Wildman–Crippen LogP) is 2.98. The van der Waals surface area contributed by atoms with Gasteiger partial charge in [0, 0.05) is 19.8 Å². The molecule has 1 heterocycles. The zero-order valence-corrected chi connectivity index (χ0v) is 11.8. The quantitative estimate of drug-likeness (QED) is 0.912. The average molecular weight is 312 g/mol. The Morgan fingerprint density at radius 2 is 2.05 bits per heavy atom. The van der Waals surface area contributed by atoms with Crippen molar-refractivity contribution >= 4 is 23.3 Å². The number of nitrogens with one attached hydrogen (secondary N) is 2. The second-order valence-corrected chi connectivity index (χ2v) is 4.64. The van der Waals surface area contributed by atoms with E-state index >= 15 is 0 Å². The SMILES string of the molecule is CNc1cc(C(=O)NCc2ccc(F)c(F)c2)c(Cl)cn1. The van der Waals surface area contributed by atoms with Gasteiger partial charge in [0.15, 0.2) is 11.6 Å². The Bertz CT molecular complexity index is 679. The number of amides is 1. The van der Waals surface area contributed by atoms with Gasteiger partial charge in [0.05, 0.1) is 10.6 Å². The number of hydrogen-bond acceptors (Lipinski definition) is 3. The van der Waals surface area contributed by atoms with Crippen LogP contribution < -0.4 is 10.6 Å². The molecule has 0 radical (unpaired) electrons. The topological polar surface area (TPSA) is 54.0 Å². The molecule has 0 aliphatic rings. The van der Waals surface area contributed by atoms with Crippen molar-refractivity contribution < 1.29 is 13.6 Å². The van der Waals surface area contributed by atoms with E-state index in [1.165, 1.54) is 18.3 Å². The van der Waals surface area contributed by atoms with E-state index < -0.39 is 17.5 Å². The standard InChI is InChI=1S/C14H12ClF2N3O/c1-18-13-5-9(10(15)7-19-13)14(21)20-6-8-2-3-11(16)12(17)4-8/h2-5,7H,6H2,1H3,(H,18,19)(H,20,21). The molecule has 1 aromatic carbocycles. The van der Waals surface area contributed by atoms with E-state index in [1.54, 1.807) is 7.05 Å². The molecule has 0 fully saturated rings. The summed E-state index contributed by atoms with van der Waals surface area (Å²) in [7, 11) is 1.67. The molecule has 0 spiro atoms. The first kappa shape index (κ1) is 15.2. The van der Waals surface area contributed by atoms with Crippen molar-refractivity contribution in [1.29, 1.82) is 0 Å². The third-order valence-electron chi connectivity index (χ3n) is 2.79. The van der Waals surface area contributed by atoms with Crippen LogP contribution in [0.1, 0.15) is 15.9 Å². The summed E-state index contributed by atoms with van der Waals surface area (Å²) in [4.78, 5) is 16.0. The van der Waals surface area contributed by atoms with Crippen LogP contribution in [0.25, 0.3) is 0 Å². The van der Waals surface area contributed by atoms with Crippen molar-refractivity contribution in [1.82, 2.24) is 10.3 Å². The summed E-state index contributed by atoms with van der Waals surface area (Å²) < 4.78 is 25.9. The van der Waals surface area contributed by atoms with E-state index in [0.717, 1.165) is 12.1 Å². The van der Waals surface area contributed by atoms with Gasteiger partial charge in [0.1, 0.15) is 5.82 Å². The van der Waals surface area contributed by atoms with Crippen molar-refractivity contribution in [3.8, 4) is 0 Å². The second-order valence-electron chi connectivity index (χ2n) is 4.23. The Balaban J connectivity index is 2.09. The minimum absolute atomic E-state index is 0.0591. The van der Waals surface area contributed by atoms with Crippen LogP contribution in [0.5, 0.6) is 0 Å². The number of rotatable bonds is 4. The van der Waals surface area contributed by atoms with Crippen molar-refractivity contribution in [2.24, 2.45) is 0 Å². The number of benzene rings is 1. The molecule has 4 nitrogen and oxygen atoms in total. The molecule has 0 unspecified atom stereocenters. The zero-order chi connectivity index (χ0) is 15.4. The lowest BCUT2D eigenvalue weighted by Crippen LogP contribution is -2.23. The zero-order valence-electron chi connectivity index (χ0n) is 11.1. The van der Waals surface area contributed by atoms with Crippen molar-refractivity contribution in [3.05, 3.63) is 58.2 Å². The highest BCUT2D eigenvalue weighted by molar-refractivity contribution is 6.33. The van der Waals surface area contributed by atoms with Crippen LogP contribution in [0.4, 0.5) is 14.6 Å². The maximum atomic E-state index is 13.1. The Morgan fingerprint density at radius 1 is 1.29 bits per heavy atom. The lowest BCUT2D eigenvalue weighted by atomic mass is 10.2. The Kier molecular flexibility index (Phi) is 4.70. The van der Waals surface area contributed by atoms with Gasteiger partial charge in [-0.2, -0.15) is 0 Å². The van der Waals surface area contributed by atoms with Gasteiger partial charge >= 0.3 is 0 Å². The lowest BCUT2D eigenvalue weighted by Gasteiger charge is -2.08. The third-order valence-corrected chi connectivity index (χ3v) is 3.09. The predicted molar refractivity (Wildman–Crippen MR) is 76.3 cm³/mol. The minimum Gasteiger partial charge on any atom is -0.373 e. The first-order valence-electron chi connectivity index (χ1n) is 6.06. The first-order chi connectivity index (χ1) is 10.0. The molecule has 0 bridgehead atoms. The maximum Gasteiger partial charge on any atom is 0.253 e. The van der Waals surface area contributed by atoms with Gasteiger partial charge in [0.25, 0.3) is 5.91 Å². The molecule has 7 heteroatoms. The highest BCUT2D eigenvalue weighted by Gasteiger charge is 2.12. The van der Waals surface area contributed by atoms with Crippen LogP contribution in [-0.4, -0.2) is 17.9 Å². The minimum atomic E-state index is -0.957. The van der Waals surface area contributed by atoms with Crippen LogP contribution in [0.3, 0.4) is 0 Å². The molecule has 0 saturated heterocycles. The smallest absolute Gasteiger partial charge is 0.253 e. The van der Waals surface area contributed by atoms with Gasteiger partial charge < -0.3 is 10.6 Å². The summed E-state index contributed by atoms with van der Waals surface area (Å²) >= 11 is 5.92. The van der Waals surface area contributed by atoms with Crippen LogP contribution in [0, 0.1) is 11.6 Å². The summed E-state index contributed by atoms with van der Waals surface area (Å²) in [5, 5.41) is 5.59. The van der Waals surface area contributed by atoms with Gasteiger partial charge in [-0.05, 0) is 23.8 Å². The van der Waals surface area contributed by atoms with Crippen molar-refractivity contribution in [2.75, 3.05) is 12.4 Å². The van der Waals surface area contributed by atoms with E-state index in [1.807, 2.05) is 0 Å². The summed E-state index contributed by atoms with van der Waals surface area (Å²) in [6.45, 7) is 0.0591. The molecule has 110 valence electrons. The summed E-state index contributed by atoms with van der Waals surface area (Å²) in [5.41, 5.74) is 0.694. The Labute approximate surface area is 125 Å². The number of nitrogens with zero attached hydrogens (tertiary/aromatic N) is 1. The number of pyridine rings is 1. The first-order valence-corrected chi connectivity index (χ1v) is 6.44. The maximum absolute atomic E-state index is 13.1. The van der Waals surface area contributed by atoms with Crippen molar-refractivity contribution in [3.63, 3.8) is 0 Å². The third kappa shape index (κ3) is 3.66. The number of aromatic nitrogens is 1. The van der Waals surface area contributed by atoms with E-state index in [0.29, 0.717) is 11.4 Å². The summed E-state index contributed by atoms with van der Waals surface area (Å²) in [6, 6.07) is 4.94. The van der Waals surface area contributed by atoms with Crippen LogP contribution in [-0.2, 0) is 6.54 Å². The summed E-state index contributed by atoms with van der Waals surface area (Å²) in [6.07, 6.45) is 1.36. The monoisotopic (exact) mass is 311 g/mol. The van der Waals surface area contributed by atoms with E-state index in [2.05, 4.69) is 15.6 Å². The molecule has 0 saturated carbocycles. The van der Waals surface area contributed by atoms with Gasteiger partial charge in [-0.25, -0.2) is 13.8 Å². The molecule has 2 aromatic rings. The largest absolute Gasteiger partial charge is 0.373 e. The number of carbonyl (C=O) groups is 1. The van der Waals surface area contributed by atoms with E-state index in [4.69, 9.17) is 11.6 Å².